The van der Waals surface area contributed by atoms with Crippen LogP contribution >= 0.6 is 0 Å². The Kier molecular flexibility index (Phi) is 0.978. The summed E-state index contributed by atoms with van der Waals surface area (Å²) >= 11 is 0. The summed E-state index contributed by atoms with van der Waals surface area (Å²) in [6.07, 6.45) is 2.31. The Bertz CT molecular complexity index is 330. The first kappa shape index (κ1) is 6.46. The molecule has 2 aliphatic rings. The Labute approximate surface area is 70.7 Å². The summed E-state index contributed by atoms with van der Waals surface area (Å²) in [5.74, 6) is 0. The Balaban J connectivity index is 2.21. The van der Waals surface area contributed by atoms with Gasteiger partial charge in [0.05, 0.1) is 12.2 Å². The van der Waals surface area contributed by atoms with Crippen molar-refractivity contribution in [2.24, 2.45) is 0 Å². The van der Waals surface area contributed by atoms with Crippen molar-refractivity contribution in [1.82, 2.24) is 0 Å². The fourth-order valence-electron chi connectivity index (χ4n) is 2.15. The van der Waals surface area contributed by atoms with Gasteiger partial charge in [-0.2, -0.15) is 0 Å². The number of hydrogen-bond donors (Lipinski definition) is 0. The van der Waals surface area contributed by atoms with E-state index in [1.807, 2.05) is 18.2 Å². The minimum Gasteiger partial charge on any atom is -0.211 e. The van der Waals surface area contributed by atoms with E-state index in [2.05, 4.69) is 6.07 Å². The fraction of sp³-hybridized carbons (Fsp3) is 0.400. The molecule has 1 nitrogen and oxygen atoms in total. The minimum absolute atomic E-state index is 0.200. The second kappa shape index (κ2) is 1.82. The van der Waals surface area contributed by atoms with Gasteiger partial charge in [-0.1, -0.05) is 22.7 Å². The smallest absolute Gasteiger partial charge is 0.0726 e. The maximum absolute atomic E-state index is 13.3. The zero-order valence-electron chi connectivity index (χ0n) is 6.76. The summed E-state index contributed by atoms with van der Waals surface area (Å²) in [4.78, 5) is 0. The summed E-state index contributed by atoms with van der Waals surface area (Å²) in [6, 6.07) is 7.81. The van der Waals surface area contributed by atoms with Gasteiger partial charge in [0.15, 0.2) is 0 Å². The van der Waals surface area contributed by atoms with E-state index < -0.39 is 0 Å². The van der Waals surface area contributed by atoms with Gasteiger partial charge in [0.1, 0.15) is 0 Å². The molecule has 1 aromatic carbocycles. The molecule has 1 spiro atoms. The number of halogens is 1. The quantitative estimate of drug-likeness (QED) is 0.531. The maximum atomic E-state index is 13.3. The van der Waals surface area contributed by atoms with E-state index in [9.17, 15) is 4.48 Å². The molecule has 0 bridgehead atoms. The van der Waals surface area contributed by atoms with E-state index in [1.54, 1.807) is 0 Å². The van der Waals surface area contributed by atoms with Gasteiger partial charge in [0, 0.05) is 5.41 Å². The average molecular weight is 163 g/mol. The van der Waals surface area contributed by atoms with Crippen molar-refractivity contribution >= 4 is 5.69 Å². The van der Waals surface area contributed by atoms with Gasteiger partial charge in [-0.25, -0.2) is 5.12 Å². The zero-order valence-corrected chi connectivity index (χ0v) is 6.76. The van der Waals surface area contributed by atoms with Gasteiger partial charge >= 0.3 is 0 Å². The highest BCUT2D eigenvalue weighted by Crippen LogP contribution is 2.56. The second-order valence-corrected chi connectivity index (χ2v) is 3.82. The molecule has 2 heteroatoms. The van der Waals surface area contributed by atoms with Gasteiger partial charge in [0.2, 0.25) is 0 Å². The van der Waals surface area contributed by atoms with Crippen LogP contribution in [-0.2, 0) is 5.41 Å². The van der Waals surface area contributed by atoms with E-state index in [1.165, 1.54) is 5.56 Å². The molecule has 1 heterocycles. The molecule has 3 rings (SSSR count). The van der Waals surface area contributed by atoms with E-state index in [0.717, 1.165) is 23.7 Å². The predicted molar refractivity (Wildman–Crippen MR) is 45.8 cm³/mol. The summed E-state index contributed by atoms with van der Waals surface area (Å²) in [5.41, 5.74) is 2.20. The van der Waals surface area contributed by atoms with E-state index in [-0.39, 0.29) is 5.41 Å². The van der Waals surface area contributed by atoms with Crippen molar-refractivity contribution in [1.29, 1.82) is 0 Å². The van der Waals surface area contributed by atoms with Gasteiger partial charge < -0.3 is 0 Å². The largest absolute Gasteiger partial charge is 0.211 e. The first-order valence-electron chi connectivity index (χ1n) is 4.35. The standard InChI is InChI=1S/C10H10FN/c11-12-7-10(5-6-10)8-3-1-2-4-9(8)12/h1-4H,5-7H2. The summed E-state index contributed by atoms with van der Waals surface area (Å²) in [7, 11) is 0. The Morgan fingerprint density at radius 3 is 2.75 bits per heavy atom. The molecule has 0 saturated heterocycles. The molecule has 0 N–H and O–H groups in total. The van der Waals surface area contributed by atoms with Crippen LogP contribution in [0.5, 0.6) is 0 Å². The van der Waals surface area contributed by atoms with Crippen molar-refractivity contribution in [3.05, 3.63) is 29.8 Å². The highest BCUT2D eigenvalue weighted by Gasteiger charge is 2.51. The Morgan fingerprint density at radius 1 is 1.25 bits per heavy atom. The van der Waals surface area contributed by atoms with Gasteiger partial charge in [0.25, 0.3) is 0 Å². The lowest BCUT2D eigenvalue weighted by molar-refractivity contribution is 0.431. The molecule has 0 amide bonds. The second-order valence-electron chi connectivity index (χ2n) is 3.82. The molecule has 0 aromatic heterocycles. The van der Waals surface area contributed by atoms with Crippen LogP contribution in [0.4, 0.5) is 10.2 Å². The highest BCUT2D eigenvalue weighted by molar-refractivity contribution is 5.62. The number of fused-ring (bicyclic) bond motifs is 2. The lowest BCUT2D eigenvalue weighted by Crippen LogP contribution is -2.14. The molecule has 0 unspecified atom stereocenters. The molecule has 0 radical (unpaired) electrons. The topological polar surface area (TPSA) is 3.24 Å². The van der Waals surface area contributed by atoms with Crippen LogP contribution < -0.4 is 5.12 Å². The lowest BCUT2D eigenvalue weighted by Gasteiger charge is -2.04. The fourth-order valence-corrected chi connectivity index (χ4v) is 2.15. The monoisotopic (exact) mass is 163 g/mol. The molecule has 0 atom stereocenters. The normalized spacial score (nSPS) is 22.9. The van der Waals surface area contributed by atoms with Crippen LogP contribution in [0.25, 0.3) is 0 Å². The van der Waals surface area contributed by atoms with Crippen LogP contribution in [0.15, 0.2) is 24.3 Å². The first-order chi connectivity index (χ1) is 5.82. The van der Waals surface area contributed by atoms with Gasteiger partial charge in [-0.3, -0.25) is 0 Å². The van der Waals surface area contributed by atoms with Crippen LogP contribution in [0.2, 0.25) is 0 Å². The maximum Gasteiger partial charge on any atom is 0.0726 e. The Hall–Kier alpha value is -1.05. The SMILES string of the molecule is FN1CC2(CC2)c2ccccc21. The molecule has 1 aromatic rings. The minimum atomic E-state index is 0.200. The summed E-state index contributed by atoms with van der Waals surface area (Å²) < 4.78 is 13.3. The Morgan fingerprint density at radius 2 is 2.00 bits per heavy atom. The molecule has 1 fully saturated rings. The third-order valence-electron chi connectivity index (χ3n) is 3.03. The molecule has 1 saturated carbocycles. The zero-order chi connectivity index (χ0) is 8.18. The molecule has 62 valence electrons. The third kappa shape index (κ3) is 0.631. The van der Waals surface area contributed by atoms with Crippen LogP contribution in [0.1, 0.15) is 18.4 Å². The van der Waals surface area contributed by atoms with Crippen LogP contribution in [-0.4, -0.2) is 6.54 Å². The summed E-state index contributed by atoms with van der Waals surface area (Å²) in [6.45, 7) is 0.576. The van der Waals surface area contributed by atoms with Crippen molar-refractivity contribution < 1.29 is 4.48 Å². The molecular weight excluding hydrogens is 153 g/mol. The van der Waals surface area contributed by atoms with E-state index >= 15 is 0 Å². The van der Waals surface area contributed by atoms with E-state index in [0.29, 0.717) is 6.54 Å². The highest BCUT2D eigenvalue weighted by atomic mass is 19.2. The number of hydrogen-bond acceptors (Lipinski definition) is 1. The van der Waals surface area contributed by atoms with E-state index in [4.69, 9.17) is 0 Å². The number of benzene rings is 1. The first-order valence-corrected chi connectivity index (χ1v) is 4.35. The predicted octanol–water partition coefficient (Wildman–Crippen LogP) is 2.42. The van der Waals surface area contributed by atoms with Gasteiger partial charge in [-0.05, 0) is 24.5 Å². The summed E-state index contributed by atoms with van der Waals surface area (Å²) in [5, 5.41) is 0.891. The number of anilines is 1. The molecule has 1 aliphatic heterocycles. The molecular formula is C10H10FN. The van der Waals surface area contributed by atoms with Crippen molar-refractivity contribution in [3.8, 4) is 0 Å². The molecule has 12 heavy (non-hydrogen) atoms. The average Bonchev–Trinajstić information content (AvgIpc) is 2.79. The van der Waals surface area contributed by atoms with Crippen LogP contribution in [0, 0.1) is 0 Å². The van der Waals surface area contributed by atoms with Crippen LogP contribution in [0.3, 0.4) is 0 Å². The lowest BCUT2D eigenvalue weighted by atomic mass is 9.99. The van der Waals surface area contributed by atoms with Crippen molar-refractivity contribution in [2.45, 2.75) is 18.3 Å². The third-order valence-corrected chi connectivity index (χ3v) is 3.03. The van der Waals surface area contributed by atoms with Gasteiger partial charge in [-0.15, -0.1) is 0 Å². The van der Waals surface area contributed by atoms with Crippen molar-refractivity contribution in [2.75, 3.05) is 11.7 Å². The number of para-hydroxylation sites is 1. The number of rotatable bonds is 0. The number of nitrogens with zero attached hydrogens (tertiary/aromatic N) is 1. The van der Waals surface area contributed by atoms with Crippen molar-refractivity contribution in [3.63, 3.8) is 0 Å². The molecule has 1 aliphatic carbocycles.